The number of tetrazole rings is 1. The second kappa shape index (κ2) is 11.0. The van der Waals surface area contributed by atoms with E-state index in [-0.39, 0.29) is 11.4 Å². The summed E-state index contributed by atoms with van der Waals surface area (Å²) in [4.78, 5) is 23.4. The maximum absolute atomic E-state index is 12.0. The largest absolute Gasteiger partial charge is 0.478 e. The zero-order valence-electron chi connectivity index (χ0n) is 21.7. The van der Waals surface area contributed by atoms with E-state index in [9.17, 15) is 14.7 Å². The zero-order valence-corrected chi connectivity index (χ0v) is 22.4. The molecule has 1 amide bonds. The molecule has 0 aliphatic heterocycles. The topological polar surface area (TPSA) is 154 Å². The van der Waals surface area contributed by atoms with Crippen LogP contribution >= 0.6 is 11.6 Å². The van der Waals surface area contributed by atoms with E-state index in [1.54, 1.807) is 60.7 Å². The van der Waals surface area contributed by atoms with Crippen molar-refractivity contribution in [3.05, 3.63) is 95.8 Å². The summed E-state index contributed by atoms with van der Waals surface area (Å²) >= 11 is 6.29. The summed E-state index contributed by atoms with van der Waals surface area (Å²) in [7, 11) is 1.26. The van der Waals surface area contributed by atoms with Gasteiger partial charge < -0.3 is 19.1 Å². The Bertz CT molecular complexity index is 1940. The second-order valence-electron chi connectivity index (χ2n) is 8.92. The number of fused-ring (bicyclic) bond motifs is 1. The Morgan fingerprint density at radius 3 is 2.50 bits per heavy atom. The number of methoxy groups -OCH3 is 1. The first-order chi connectivity index (χ1) is 20.4. The molecule has 2 N–H and O–H groups in total. The molecule has 0 spiro atoms. The molecule has 6 aromatic rings. The summed E-state index contributed by atoms with van der Waals surface area (Å²) in [6.07, 6.45) is 0.875. The molecule has 0 aliphatic carbocycles. The van der Waals surface area contributed by atoms with E-state index in [1.165, 1.54) is 24.2 Å². The van der Waals surface area contributed by atoms with E-state index >= 15 is 0 Å². The maximum Gasteiger partial charge on any atom is 0.411 e. The Labute approximate surface area is 242 Å². The van der Waals surface area contributed by atoms with Crippen molar-refractivity contribution in [1.82, 2.24) is 25.4 Å². The monoisotopic (exact) mass is 582 g/mol. The number of hydrogen-bond donors (Lipinski definition) is 2. The van der Waals surface area contributed by atoms with Gasteiger partial charge in [0, 0.05) is 16.3 Å². The first-order valence-corrected chi connectivity index (χ1v) is 12.7. The van der Waals surface area contributed by atoms with Gasteiger partial charge in [-0.15, -0.1) is 5.10 Å². The third-order valence-electron chi connectivity index (χ3n) is 6.37. The summed E-state index contributed by atoms with van der Waals surface area (Å²) in [6, 6.07) is 22.1. The molecule has 0 saturated heterocycles. The van der Waals surface area contributed by atoms with Gasteiger partial charge in [0.25, 0.3) is 5.88 Å². The minimum atomic E-state index is -1.10. The van der Waals surface area contributed by atoms with Crippen LogP contribution in [0.15, 0.2) is 89.7 Å². The first-order valence-electron chi connectivity index (χ1n) is 12.3. The number of anilines is 1. The fraction of sp³-hybridized carbons (Fsp3) is 0.0345. The number of carboxylic acids is 1. The highest BCUT2D eigenvalue weighted by molar-refractivity contribution is 6.31. The molecule has 208 valence electrons. The van der Waals surface area contributed by atoms with E-state index in [2.05, 4.69) is 30.7 Å². The van der Waals surface area contributed by atoms with Crippen LogP contribution in [0.1, 0.15) is 10.4 Å². The number of ether oxygens (including phenoxy) is 2. The molecule has 0 saturated carbocycles. The van der Waals surface area contributed by atoms with Gasteiger partial charge in [-0.25, -0.2) is 9.59 Å². The van der Waals surface area contributed by atoms with E-state index in [1.807, 2.05) is 12.1 Å². The van der Waals surface area contributed by atoms with Gasteiger partial charge in [-0.3, -0.25) is 5.32 Å². The minimum Gasteiger partial charge on any atom is -0.478 e. The summed E-state index contributed by atoms with van der Waals surface area (Å²) < 4.78 is 17.8. The summed E-state index contributed by atoms with van der Waals surface area (Å²) in [5.74, 6) is -0.549. The fourth-order valence-electron chi connectivity index (χ4n) is 4.39. The highest BCUT2D eigenvalue weighted by Gasteiger charge is 2.18. The standard InChI is InChI=1S/C29H19ClN6O6/c1-40-29(39)32-19-6-2-16(3-7-19)23-14-20(8-10-21(23)28(37)38)41-27-22-9-4-17(12-26(22)42-33-27)24-13-18(30)5-11-25(24)36-15-31-34-35-36/h2-15H,1H3,(H,32,39)(H,37,38). The highest BCUT2D eigenvalue weighted by Crippen LogP contribution is 2.37. The number of carbonyl (C=O) groups is 2. The van der Waals surface area contributed by atoms with Gasteiger partial charge in [-0.05, 0) is 92.9 Å². The lowest BCUT2D eigenvalue weighted by Crippen LogP contribution is -2.10. The number of benzene rings is 4. The van der Waals surface area contributed by atoms with Crippen LogP contribution in [-0.4, -0.2) is 49.6 Å². The first kappa shape index (κ1) is 26.5. The van der Waals surface area contributed by atoms with E-state index < -0.39 is 12.1 Å². The summed E-state index contributed by atoms with van der Waals surface area (Å²) in [6.45, 7) is 0. The predicted octanol–water partition coefficient (Wildman–Crippen LogP) is 6.46. The molecule has 13 heteroatoms. The van der Waals surface area contributed by atoms with Gasteiger partial charge >= 0.3 is 12.1 Å². The lowest BCUT2D eigenvalue weighted by Gasteiger charge is -2.11. The van der Waals surface area contributed by atoms with Crippen LogP contribution in [0.2, 0.25) is 5.02 Å². The molecule has 0 aliphatic rings. The number of hydrogen-bond acceptors (Lipinski definition) is 9. The molecule has 0 bridgehead atoms. The van der Waals surface area contributed by atoms with E-state index in [0.29, 0.717) is 38.6 Å². The van der Waals surface area contributed by atoms with Crippen molar-refractivity contribution in [3.63, 3.8) is 0 Å². The molecule has 0 atom stereocenters. The minimum absolute atomic E-state index is 0.0746. The van der Waals surface area contributed by atoms with Gasteiger partial charge in [-0.2, -0.15) is 4.68 Å². The van der Waals surface area contributed by atoms with Crippen molar-refractivity contribution in [1.29, 1.82) is 0 Å². The summed E-state index contributed by atoms with van der Waals surface area (Å²) in [5, 5.41) is 29.0. The van der Waals surface area contributed by atoms with Crippen molar-refractivity contribution in [3.8, 4) is 39.6 Å². The lowest BCUT2D eigenvalue weighted by atomic mass is 9.99. The van der Waals surface area contributed by atoms with Crippen molar-refractivity contribution in [2.45, 2.75) is 0 Å². The number of halogens is 1. The molecule has 4 aromatic carbocycles. The maximum atomic E-state index is 12.0. The molecule has 42 heavy (non-hydrogen) atoms. The predicted molar refractivity (Wildman–Crippen MR) is 152 cm³/mol. The van der Waals surface area contributed by atoms with Crippen LogP contribution < -0.4 is 10.1 Å². The molecule has 0 fully saturated rings. The average molecular weight is 583 g/mol. The number of aromatic carboxylic acids is 1. The van der Waals surface area contributed by atoms with Crippen molar-refractivity contribution in [2.24, 2.45) is 0 Å². The smallest absolute Gasteiger partial charge is 0.411 e. The van der Waals surface area contributed by atoms with Gasteiger partial charge in [0.2, 0.25) is 0 Å². The summed E-state index contributed by atoms with van der Waals surface area (Å²) in [5.41, 5.74) is 4.32. The molecular formula is C29H19ClN6O6. The third kappa shape index (κ3) is 5.21. The van der Waals surface area contributed by atoms with Crippen LogP contribution in [0.5, 0.6) is 11.6 Å². The third-order valence-corrected chi connectivity index (χ3v) is 6.60. The average Bonchev–Trinajstić information content (AvgIpc) is 3.68. The van der Waals surface area contributed by atoms with E-state index in [0.717, 1.165) is 16.8 Å². The van der Waals surface area contributed by atoms with Crippen molar-refractivity contribution >= 4 is 40.3 Å². The van der Waals surface area contributed by atoms with Crippen LogP contribution in [0.25, 0.3) is 38.9 Å². The number of rotatable bonds is 7. The molecule has 2 heterocycles. The molecule has 6 rings (SSSR count). The van der Waals surface area contributed by atoms with Gasteiger partial charge in [0.05, 0.1) is 23.7 Å². The number of nitrogens with zero attached hydrogens (tertiary/aromatic N) is 5. The number of amides is 1. The second-order valence-corrected chi connectivity index (χ2v) is 9.36. The molecule has 2 aromatic heterocycles. The Morgan fingerprint density at radius 1 is 0.952 bits per heavy atom. The zero-order chi connectivity index (χ0) is 29.2. The Kier molecular flexibility index (Phi) is 6.95. The van der Waals surface area contributed by atoms with Crippen LogP contribution in [-0.2, 0) is 4.74 Å². The van der Waals surface area contributed by atoms with Gasteiger partial charge in [0.15, 0.2) is 5.58 Å². The Morgan fingerprint density at radius 2 is 1.76 bits per heavy atom. The number of nitrogens with one attached hydrogen (secondary N) is 1. The Hall–Kier alpha value is -5.75. The molecule has 12 nitrogen and oxygen atoms in total. The molecule has 0 radical (unpaired) electrons. The van der Waals surface area contributed by atoms with Crippen molar-refractivity contribution < 1.29 is 28.7 Å². The van der Waals surface area contributed by atoms with Gasteiger partial charge in [0.1, 0.15) is 12.1 Å². The fourth-order valence-corrected chi connectivity index (χ4v) is 4.56. The lowest BCUT2D eigenvalue weighted by molar-refractivity contribution is 0.0697. The Balaban J connectivity index is 1.31. The SMILES string of the molecule is COC(=O)Nc1ccc(-c2cc(Oc3noc4cc(-c5cc(Cl)ccc5-n5cnnn5)ccc34)ccc2C(=O)O)cc1. The molecule has 0 unspecified atom stereocenters. The van der Waals surface area contributed by atoms with Crippen molar-refractivity contribution in [2.75, 3.05) is 12.4 Å². The highest BCUT2D eigenvalue weighted by atomic mass is 35.5. The van der Waals surface area contributed by atoms with Crippen LogP contribution in [0, 0.1) is 0 Å². The normalized spacial score (nSPS) is 10.9. The van der Waals surface area contributed by atoms with Gasteiger partial charge in [-0.1, -0.05) is 29.8 Å². The number of carboxylic acid groups (broad SMARTS) is 1. The molecular weight excluding hydrogens is 564 g/mol. The van der Waals surface area contributed by atoms with Crippen LogP contribution in [0.4, 0.5) is 10.5 Å². The van der Waals surface area contributed by atoms with Crippen LogP contribution in [0.3, 0.4) is 0 Å². The van der Waals surface area contributed by atoms with E-state index in [4.69, 9.17) is 20.9 Å². The quantitative estimate of drug-likeness (QED) is 0.214. The number of carbonyl (C=O) groups excluding carboxylic acids is 1. The number of aromatic nitrogens is 5.